The van der Waals surface area contributed by atoms with Crippen molar-refractivity contribution >= 4 is 21.6 Å². The minimum Gasteiger partial charge on any atom is -0.326 e. The van der Waals surface area contributed by atoms with E-state index in [0.29, 0.717) is 30.8 Å². The van der Waals surface area contributed by atoms with Gasteiger partial charge in [-0.2, -0.15) is 4.31 Å². The largest absolute Gasteiger partial charge is 0.326 e. The molecule has 1 aliphatic heterocycles. The molecule has 3 rings (SSSR count). The molecule has 2 aromatic rings. The van der Waals surface area contributed by atoms with E-state index in [9.17, 15) is 13.2 Å². The summed E-state index contributed by atoms with van der Waals surface area (Å²) in [5.41, 5.74) is 3.05. The zero-order valence-electron chi connectivity index (χ0n) is 17.8. The molecule has 30 heavy (non-hydrogen) atoms. The summed E-state index contributed by atoms with van der Waals surface area (Å²) in [6.07, 6.45) is 7.28. The van der Waals surface area contributed by atoms with Crippen LogP contribution in [-0.2, 0) is 27.7 Å². The minimum absolute atomic E-state index is 0.0404. The molecule has 1 heterocycles. The van der Waals surface area contributed by atoms with Gasteiger partial charge in [0.25, 0.3) is 0 Å². The molecule has 1 saturated heterocycles. The Morgan fingerprint density at radius 2 is 1.50 bits per heavy atom. The van der Waals surface area contributed by atoms with Gasteiger partial charge in [0.2, 0.25) is 15.9 Å². The van der Waals surface area contributed by atoms with E-state index in [1.807, 2.05) is 24.3 Å². The molecule has 0 saturated carbocycles. The number of unbranched alkanes of at least 4 members (excludes halogenated alkanes) is 1. The fraction of sp³-hybridized carbons (Fsp3) is 0.458. The normalized spacial score (nSPS) is 15.1. The van der Waals surface area contributed by atoms with E-state index in [4.69, 9.17) is 0 Å². The van der Waals surface area contributed by atoms with E-state index in [1.54, 1.807) is 16.4 Å². The summed E-state index contributed by atoms with van der Waals surface area (Å²) in [6.45, 7) is 3.38. The van der Waals surface area contributed by atoms with Gasteiger partial charge in [-0.25, -0.2) is 8.42 Å². The first kappa shape index (κ1) is 22.5. The van der Waals surface area contributed by atoms with Crippen molar-refractivity contribution in [2.75, 3.05) is 18.4 Å². The number of carbonyl (C=O) groups excluding carboxylic acids is 1. The van der Waals surface area contributed by atoms with Gasteiger partial charge < -0.3 is 5.32 Å². The van der Waals surface area contributed by atoms with Crippen LogP contribution in [0.15, 0.2) is 53.4 Å². The van der Waals surface area contributed by atoms with Gasteiger partial charge >= 0.3 is 0 Å². The summed E-state index contributed by atoms with van der Waals surface area (Å²) in [6, 6.07) is 15.0. The van der Waals surface area contributed by atoms with Gasteiger partial charge in [0.05, 0.1) is 4.90 Å². The van der Waals surface area contributed by atoms with Gasteiger partial charge in [0, 0.05) is 25.2 Å². The van der Waals surface area contributed by atoms with E-state index in [-0.39, 0.29) is 5.91 Å². The van der Waals surface area contributed by atoms with Crippen molar-refractivity contribution in [3.8, 4) is 0 Å². The van der Waals surface area contributed by atoms with E-state index in [0.717, 1.165) is 36.9 Å². The zero-order valence-corrected chi connectivity index (χ0v) is 18.6. The maximum atomic E-state index is 12.7. The van der Waals surface area contributed by atoms with E-state index >= 15 is 0 Å². The van der Waals surface area contributed by atoms with Gasteiger partial charge in [-0.05, 0) is 67.5 Å². The Kier molecular flexibility index (Phi) is 8.05. The first-order valence-electron chi connectivity index (χ1n) is 11.0. The van der Waals surface area contributed by atoms with Crippen molar-refractivity contribution in [2.24, 2.45) is 0 Å². The van der Waals surface area contributed by atoms with Crippen molar-refractivity contribution in [2.45, 2.75) is 63.2 Å². The van der Waals surface area contributed by atoms with Crippen molar-refractivity contribution in [1.29, 1.82) is 0 Å². The highest BCUT2D eigenvalue weighted by atomic mass is 32.2. The number of hydrogen-bond donors (Lipinski definition) is 1. The second-order valence-electron chi connectivity index (χ2n) is 7.96. The molecule has 0 bridgehead atoms. The number of anilines is 1. The topological polar surface area (TPSA) is 66.5 Å². The van der Waals surface area contributed by atoms with Crippen LogP contribution in [0.4, 0.5) is 5.69 Å². The van der Waals surface area contributed by atoms with Crippen LogP contribution in [-0.4, -0.2) is 31.7 Å². The number of nitrogens with one attached hydrogen (secondary N) is 1. The van der Waals surface area contributed by atoms with Gasteiger partial charge in [-0.3, -0.25) is 4.79 Å². The zero-order chi connectivity index (χ0) is 21.4. The number of sulfonamides is 1. The van der Waals surface area contributed by atoms with Gasteiger partial charge in [-0.15, -0.1) is 0 Å². The van der Waals surface area contributed by atoms with Crippen LogP contribution in [0.1, 0.15) is 56.6 Å². The number of aryl methyl sites for hydroxylation is 2. The molecule has 0 unspecified atom stereocenters. The average Bonchev–Trinajstić information content (AvgIpc) is 2.78. The highest BCUT2D eigenvalue weighted by Gasteiger charge is 2.25. The molecule has 6 heteroatoms. The Morgan fingerprint density at radius 3 is 2.13 bits per heavy atom. The summed E-state index contributed by atoms with van der Waals surface area (Å²) < 4.78 is 27.0. The van der Waals surface area contributed by atoms with E-state index in [2.05, 4.69) is 24.4 Å². The van der Waals surface area contributed by atoms with Crippen molar-refractivity contribution < 1.29 is 13.2 Å². The van der Waals surface area contributed by atoms with E-state index < -0.39 is 10.0 Å². The molecule has 1 fully saturated rings. The summed E-state index contributed by atoms with van der Waals surface area (Å²) in [4.78, 5) is 12.6. The molecule has 162 valence electrons. The summed E-state index contributed by atoms with van der Waals surface area (Å²) in [5, 5.41) is 2.93. The first-order valence-corrected chi connectivity index (χ1v) is 12.4. The predicted octanol–water partition coefficient (Wildman–Crippen LogP) is 4.78. The molecule has 1 aliphatic rings. The van der Waals surface area contributed by atoms with E-state index in [1.165, 1.54) is 18.4 Å². The van der Waals surface area contributed by atoms with Crippen LogP contribution in [0.2, 0.25) is 0 Å². The van der Waals surface area contributed by atoms with Crippen molar-refractivity contribution in [3.63, 3.8) is 0 Å². The van der Waals surface area contributed by atoms with Crippen LogP contribution < -0.4 is 5.32 Å². The number of rotatable bonds is 9. The lowest BCUT2D eigenvalue weighted by atomic mass is 10.1. The molecule has 1 amide bonds. The van der Waals surface area contributed by atoms with Crippen LogP contribution in [0.5, 0.6) is 0 Å². The van der Waals surface area contributed by atoms with Crippen LogP contribution in [0.25, 0.3) is 0 Å². The number of hydrogen-bond acceptors (Lipinski definition) is 3. The second-order valence-corrected chi connectivity index (χ2v) is 9.90. The van der Waals surface area contributed by atoms with Crippen LogP contribution in [0, 0.1) is 0 Å². The molecular weight excluding hydrogens is 396 g/mol. The van der Waals surface area contributed by atoms with Crippen molar-refractivity contribution in [3.05, 3.63) is 59.7 Å². The molecule has 2 aromatic carbocycles. The third-order valence-electron chi connectivity index (χ3n) is 5.57. The van der Waals surface area contributed by atoms with Gasteiger partial charge in [-0.1, -0.05) is 44.0 Å². The fourth-order valence-electron chi connectivity index (χ4n) is 3.70. The Bertz CT molecular complexity index is 916. The smallest absolute Gasteiger partial charge is 0.243 e. The minimum atomic E-state index is -3.41. The second kappa shape index (κ2) is 10.7. The lowest BCUT2D eigenvalue weighted by Gasteiger charge is -2.25. The fourth-order valence-corrected chi connectivity index (χ4v) is 5.22. The summed E-state index contributed by atoms with van der Waals surface area (Å²) in [7, 11) is -3.41. The van der Waals surface area contributed by atoms with Gasteiger partial charge in [0.1, 0.15) is 0 Å². The monoisotopic (exact) mass is 428 g/mol. The molecule has 0 atom stereocenters. The summed E-state index contributed by atoms with van der Waals surface area (Å²) >= 11 is 0. The Morgan fingerprint density at radius 1 is 0.900 bits per heavy atom. The average molecular weight is 429 g/mol. The number of nitrogens with zero attached hydrogens (tertiary/aromatic N) is 1. The molecule has 0 aliphatic carbocycles. The van der Waals surface area contributed by atoms with Gasteiger partial charge in [0.15, 0.2) is 0 Å². The number of carbonyl (C=O) groups is 1. The Hall–Kier alpha value is -2.18. The lowest BCUT2D eigenvalue weighted by molar-refractivity contribution is -0.116. The molecule has 0 aromatic heterocycles. The molecular formula is C24H32N2O3S. The van der Waals surface area contributed by atoms with Crippen LogP contribution in [0.3, 0.4) is 0 Å². The maximum absolute atomic E-state index is 12.7. The SMILES string of the molecule is CCCCc1ccc(NC(=O)CCc2ccc(S(=O)(=O)N3CCCCC3)cc2)cc1. The number of piperidine rings is 1. The molecule has 0 radical (unpaired) electrons. The standard InChI is InChI=1S/C24H32N2O3S/c1-2-3-7-20-8-13-22(14-9-20)25-24(27)17-12-21-10-15-23(16-11-21)30(28,29)26-18-5-4-6-19-26/h8-11,13-16H,2-7,12,17-19H2,1H3,(H,25,27). The highest BCUT2D eigenvalue weighted by Crippen LogP contribution is 2.21. The Labute approximate surface area is 180 Å². The quantitative estimate of drug-likeness (QED) is 0.625. The maximum Gasteiger partial charge on any atom is 0.243 e. The Balaban J connectivity index is 1.50. The van der Waals surface area contributed by atoms with Crippen molar-refractivity contribution in [1.82, 2.24) is 4.31 Å². The molecule has 5 nitrogen and oxygen atoms in total. The van der Waals surface area contributed by atoms with Crippen LogP contribution >= 0.6 is 0 Å². The highest BCUT2D eigenvalue weighted by molar-refractivity contribution is 7.89. The summed E-state index contributed by atoms with van der Waals surface area (Å²) in [5.74, 6) is -0.0404. The third kappa shape index (κ3) is 6.16. The number of benzene rings is 2. The lowest BCUT2D eigenvalue weighted by Crippen LogP contribution is -2.35. The third-order valence-corrected chi connectivity index (χ3v) is 7.49. The number of amides is 1. The first-order chi connectivity index (χ1) is 14.5. The predicted molar refractivity (Wildman–Crippen MR) is 121 cm³/mol. The molecule has 1 N–H and O–H groups in total. The molecule has 0 spiro atoms.